The summed E-state index contributed by atoms with van der Waals surface area (Å²) in [6.07, 6.45) is 2.34. The van der Waals surface area contributed by atoms with Crippen LogP contribution in [-0.4, -0.2) is 51.8 Å². The number of tetrazole rings is 1. The van der Waals surface area contributed by atoms with Gasteiger partial charge in [-0.15, -0.1) is 5.10 Å². The first kappa shape index (κ1) is 12.4. The molecule has 0 spiro atoms. The van der Waals surface area contributed by atoms with E-state index in [2.05, 4.69) is 32.7 Å². The summed E-state index contributed by atoms with van der Waals surface area (Å²) in [6, 6.07) is 0. The molecule has 2 rings (SSSR count). The van der Waals surface area contributed by atoms with E-state index in [9.17, 15) is 0 Å². The average Bonchev–Trinajstić information content (AvgIpc) is 2.91. The van der Waals surface area contributed by atoms with Crippen LogP contribution in [-0.2, 0) is 13.1 Å². The fraction of sp³-hybridized carbons (Fsp3) is 0.909. The first-order chi connectivity index (χ1) is 8.33. The highest BCUT2D eigenvalue weighted by molar-refractivity contribution is 4.85. The molecular formula is C11H22N6. The molecule has 0 saturated carbocycles. The van der Waals surface area contributed by atoms with Crippen LogP contribution in [0.25, 0.3) is 0 Å². The van der Waals surface area contributed by atoms with E-state index < -0.39 is 0 Å². The summed E-state index contributed by atoms with van der Waals surface area (Å²) in [5, 5.41) is 15.1. The molecule has 1 aromatic heterocycles. The molecule has 0 radical (unpaired) electrons. The highest BCUT2D eigenvalue weighted by atomic mass is 15.5. The summed E-state index contributed by atoms with van der Waals surface area (Å²) < 4.78 is 1.92. The summed E-state index contributed by atoms with van der Waals surface area (Å²) in [4.78, 5) is 2.44. The molecule has 1 aliphatic rings. The third-order valence-corrected chi connectivity index (χ3v) is 3.27. The number of rotatable bonds is 6. The summed E-state index contributed by atoms with van der Waals surface area (Å²) >= 11 is 0. The summed E-state index contributed by atoms with van der Waals surface area (Å²) in [5.74, 6) is 1.77. The van der Waals surface area contributed by atoms with E-state index in [0.717, 1.165) is 50.9 Å². The highest BCUT2D eigenvalue weighted by Crippen LogP contribution is 2.17. The van der Waals surface area contributed by atoms with Gasteiger partial charge in [-0.3, -0.25) is 4.90 Å². The van der Waals surface area contributed by atoms with Crippen molar-refractivity contribution in [3.05, 3.63) is 5.82 Å². The lowest BCUT2D eigenvalue weighted by Gasteiger charge is -2.15. The number of aryl methyl sites for hydroxylation is 1. The van der Waals surface area contributed by atoms with E-state index in [4.69, 9.17) is 0 Å². The van der Waals surface area contributed by atoms with Gasteiger partial charge in [0.15, 0.2) is 5.82 Å². The molecule has 2 heterocycles. The molecule has 1 saturated heterocycles. The van der Waals surface area contributed by atoms with Crippen LogP contribution in [0, 0.1) is 5.92 Å². The van der Waals surface area contributed by atoms with Crippen molar-refractivity contribution in [3.63, 3.8) is 0 Å². The summed E-state index contributed by atoms with van der Waals surface area (Å²) in [6.45, 7) is 7.36. The summed E-state index contributed by atoms with van der Waals surface area (Å²) in [5.41, 5.74) is 0. The van der Waals surface area contributed by atoms with E-state index in [0.29, 0.717) is 0 Å². The van der Waals surface area contributed by atoms with Gasteiger partial charge in [-0.2, -0.15) is 0 Å². The van der Waals surface area contributed by atoms with Crippen molar-refractivity contribution in [2.45, 2.75) is 32.9 Å². The predicted octanol–water partition coefficient (Wildman–Crippen LogP) is 0.124. The van der Waals surface area contributed by atoms with Gasteiger partial charge in [0.1, 0.15) is 0 Å². The Labute approximate surface area is 102 Å². The van der Waals surface area contributed by atoms with E-state index >= 15 is 0 Å². The highest BCUT2D eigenvalue weighted by Gasteiger charge is 2.23. The largest absolute Gasteiger partial charge is 0.319 e. The second kappa shape index (κ2) is 6.07. The van der Waals surface area contributed by atoms with Crippen molar-refractivity contribution in [2.24, 2.45) is 5.92 Å². The molecule has 0 aromatic carbocycles. The lowest BCUT2D eigenvalue weighted by atomic mass is 10.1. The van der Waals surface area contributed by atoms with Gasteiger partial charge < -0.3 is 5.32 Å². The van der Waals surface area contributed by atoms with Crippen LogP contribution in [0.2, 0.25) is 0 Å². The van der Waals surface area contributed by atoms with Gasteiger partial charge in [0, 0.05) is 13.1 Å². The van der Waals surface area contributed by atoms with Gasteiger partial charge in [0.2, 0.25) is 0 Å². The number of nitrogens with one attached hydrogen (secondary N) is 1. The predicted molar refractivity (Wildman–Crippen MR) is 65.4 cm³/mol. The molecule has 1 unspecified atom stereocenters. The molecule has 1 fully saturated rings. The molecule has 0 aliphatic carbocycles. The minimum atomic E-state index is 0.774. The number of hydrogen-bond donors (Lipinski definition) is 1. The molecule has 0 amide bonds. The molecule has 1 aliphatic heterocycles. The lowest BCUT2D eigenvalue weighted by molar-refractivity contribution is 0.299. The Morgan fingerprint density at radius 3 is 3.12 bits per heavy atom. The van der Waals surface area contributed by atoms with Crippen molar-refractivity contribution < 1.29 is 0 Å². The van der Waals surface area contributed by atoms with Gasteiger partial charge in [-0.05, 0) is 49.3 Å². The molecule has 17 heavy (non-hydrogen) atoms. The van der Waals surface area contributed by atoms with Crippen LogP contribution in [0.3, 0.4) is 0 Å². The topological polar surface area (TPSA) is 58.9 Å². The smallest absolute Gasteiger partial charge is 0.165 e. The molecule has 6 heteroatoms. The Kier molecular flexibility index (Phi) is 4.44. The van der Waals surface area contributed by atoms with E-state index in [1.165, 1.54) is 6.42 Å². The average molecular weight is 238 g/mol. The Morgan fingerprint density at radius 2 is 2.35 bits per heavy atom. The number of hydrogen-bond acceptors (Lipinski definition) is 5. The van der Waals surface area contributed by atoms with Gasteiger partial charge in [0.05, 0.1) is 6.54 Å². The van der Waals surface area contributed by atoms with E-state index in [1.54, 1.807) is 0 Å². The van der Waals surface area contributed by atoms with Crippen molar-refractivity contribution in [3.8, 4) is 0 Å². The SMILES string of the molecule is CCCn1nnnc1CN1CCC(CNC)C1. The number of nitrogens with zero attached hydrogens (tertiary/aromatic N) is 5. The van der Waals surface area contributed by atoms with Gasteiger partial charge in [-0.25, -0.2) is 4.68 Å². The van der Waals surface area contributed by atoms with Crippen molar-refractivity contribution >= 4 is 0 Å². The number of aromatic nitrogens is 4. The fourth-order valence-electron chi connectivity index (χ4n) is 2.43. The first-order valence-electron chi connectivity index (χ1n) is 6.45. The standard InChI is InChI=1S/C11H22N6/c1-3-5-17-11(13-14-15-17)9-16-6-4-10(8-16)7-12-2/h10,12H,3-9H2,1-2H3. The van der Waals surface area contributed by atoms with Gasteiger partial charge in [-0.1, -0.05) is 6.92 Å². The zero-order chi connectivity index (χ0) is 12.1. The zero-order valence-electron chi connectivity index (χ0n) is 10.8. The zero-order valence-corrected chi connectivity index (χ0v) is 10.8. The van der Waals surface area contributed by atoms with Crippen LogP contribution in [0.1, 0.15) is 25.6 Å². The van der Waals surface area contributed by atoms with Crippen LogP contribution >= 0.6 is 0 Å². The molecule has 1 N–H and O–H groups in total. The third kappa shape index (κ3) is 3.23. The summed E-state index contributed by atoms with van der Waals surface area (Å²) in [7, 11) is 2.02. The Bertz CT molecular complexity index is 336. The Morgan fingerprint density at radius 1 is 1.47 bits per heavy atom. The molecule has 1 aromatic rings. The molecular weight excluding hydrogens is 216 g/mol. The van der Waals surface area contributed by atoms with Crippen LogP contribution < -0.4 is 5.32 Å². The minimum Gasteiger partial charge on any atom is -0.319 e. The van der Waals surface area contributed by atoms with Gasteiger partial charge in [0.25, 0.3) is 0 Å². The van der Waals surface area contributed by atoms with Crippen molar-refractivity contribution in [1.29, 1.82) is 0 Å². The molecule has 96 valence electrons. The number of likely N-dealkylation sites (tertiary alicyclic amines) is 1. The molecule has 0 bridgehead atoms. The van der Waals surface area contributed by atoms with E-state index in [1.807, 2.05) is 11.7 Å². The fourth-order valence-corrected chi connectivity index (χ4v) is 2.43. The third-order valence-electron chi connectivity index (χ3n) is 3.27. The maximum Gasteiger partial charge on any atom is 0.165 e. The molecule has 1 atom stereocenters. The second-order valence-corrected chi connectivity index (χ2v) is 4.77. The monoisotopic (exact) mass is 238 g/mol. The first-order valence-corrected chi connectivity index (χ1v) is 6.45. The Balaban J connectivity index is 1.86. The molecule has 6 nitrogen and oxygen atoms in total. The second-order valence-electron chi connectivity index (χ2n) is 4.77. The quantitative estimate of drug-likeness (QED) is 0.763. The Hall–Kier alpha value is -1.01. The van der Waals surface area contributed by atoms with Crippen molar-refractivity contribution in [2.75, 3.05) is 26.7 Å². The van der Waals surface area contributed by atoms with Crippen LogP contribution in [0.15, 0.2) is 0 Å². The van der Waals surface area contributed by atoms with Gasteiger partial charge >= 0.3 is 0 Å². The minimum absolute atomic E-state index is 0.774. The lowest BCUT2D eigenvalue weighted by Crippen LogP contribution is -2.25. The van der Waals surface area contributed by atoms with Crippen LogP contribution in [0.5, 0.6) is 0 Å². The van der Waals surface area contributed by atoms with Crippen molar-refractivity contribution in [1.82, 2.24) is 30.4 Å². The normalized spacial score (nSPS) is 21.2. The van der Waals surface area contributed by atoms with Crippen LogP contribution in [0.4, 0.5) is 0 Å². The maximum absolute atomic E-state index is 4.11. The maximum atomic E-state index is 4.11. The van der Waals surface area contributed by atoms with E-state index in [-0.39, 0.29) is 0 Å².